The van der Waals surface area contributed by atoms with E-state index in [1.807, 2.05) is 18.2 Å². The zero-order valence-electron chi connectivity index (χ0n) is 20.9. The third-order valence-corrected chi connectivity index (χ3v) is 5.35. The highest BCUT2D eigenvalue weighted by molar-refractivity contribution is 6.04. The summed E-state index contributed by atoms with van der Waals surface area (Å²) >= 11 is 0. The number of benzene rings is 3. The normalized spacial score (nSPS) is 11.0. The van der Waals surface area contributed by atoms with E-state index < -0.39 is 0 Å². The summed E-state index contributed by atoms with van der Waals surface area (Å²) < 4.78 is 26.6. The molecule has 0 spiro atoms. The summed E-state index contributed by atoms with van der Waals surface area (Å²) in [5, 5.41) is 10.5. The fourth-order valence-electron chi connectivity index (χ4n) is 3.53. The van der Waals surface area contributed by atoms with E-state index in [-0.39, 0.29) is 23.7 Å². The van der Waals surface area contributed by atoms with Gasteiger partial charge in [0.15, 0.2) is 28.8 Å². The van der Waals surface area contributed by atoms with Crippen molar-refractivity contribution in [1.29, 1.82) is 0 Å². The van der Waals surface area contributed by atoms with Crippen LogP contribution in [0.2, 0.25) is 0 Å². The Labute approximate surface area is 210 Å². The summed E-state index contributed by atoms with van der Waals surface area (Å²) in [5.41, 5.74) is 2.43. The van der Waals surface area contributed by atoms with Gasteiger partial charge in [-0.25, -0.2) is 0 Å². The van der Waals surface area contributed by atoms with E-state index in [0.717, 1.165) is 5.56 Å². The first kappa shape index (κ1) is 26.2. The number of phenolic OH excluding ortho intramolecular Hbond substituents is 1. The van der Waals surface area contributed by atoms with Crippen LogP contribution >= 0.6 is 0 Å². The Morgan fingerprint density at radius 2 is 1.36 bits per heavy atom. The minimum Gasteiger partial charge on any atom is -0.504 e. The highest BCUT2D eigenvalue weighted by Gasteiger charge is 2.13. The highest BCUT2D eigenvalue weighted by atomic mass is 16.5. The Morgan fingerprint density at radius 3 is 1.89 bits per heavy atom. The Balaban J connectivity index is 1.83. The quantitative estimate of drug-likeness (QED) is 0.212. The molecule has 3 aromatic carbocycles. The fraction of sp³-hybridized carbons (Fsp3) is 0.214. The Hall–Kier alpha value is -4.46. The molecule has 0 atom stereocenters. The van der Waals surface area contributed by atoms with Crippen LogP contribution in [-0.2, 0) is 0 Å². The maximum atomic E-state index is 12.5. The highest BCUT2D eigenvalue weighted by Crippen LogP contribution is 2.40. The first-order valence-corrected chi connectivity index (χ1v) is 11.0. The molecule has 0 heterocycles. The van der Waals surface area contributed by atoms with Crippen LogP contribution in [0.4, 0.5) is 5.69 Å². The van der Waals surface area contributed by atoms with Crippen LogP contribution in [-0.4, -0.2) is 52.7 Å². The fourth-order valence-corrected chi connectivity index (χ4v) is 3.53. The molecule has 0 aliphatic heterocycles. The lowest BCUT2D eigenvalue weighted by Crippen LogP contribution is -1.99. The van der Waals surface area contributed by atoms with Gasteiger partial charge < -0.3 is 28.8 Å². The average molecular weight is 492 g/mol. The summed E-state index contributed by atoms with van der Waals surface area (Å²) in [6.07, 6.45) is 5.23. The van der Waals surface area contributed by atoms with Crippen LogP contribution in [0.3, 0.4) is 0 Å². The molecule has 0 fully saturated rings. The third-order valence-electron chi connectivity index (χ3n) is 5.35. The van der Waals surface area contributed by atoms with Gasteiger partial charge in [-0.1, -0.05) is 12.2 Å². The lowest BCUT2D eigenvalue weighted by molar-refractivity contribution is 0.100. The van der Waals surface area contributed by atoms with Gasteiger partial charge in [0.25, 0.3) is 0 Å². The second kappa shape index (κ2) is 12.3. The van der Waals surface area contributed by atoms with Crippen molar-refractivity contribution in [3.8, 4) is 34.5 Å². The Morgan fingerprint density at radius 1 is 0.778 bits per heavy atom. The van der Waals surface area contributed by atoms with Crippen LogP contribution < -0.4 is 23.7 Å². The number of ketones is 1. The second-order valence-electron chi connectivity index (χ2n) is 7.55. The lowest BCUT2D eigenvalue weighted by atomic mass is 10.1. The standard InChI is InChI=1S/C28H29NO7/c1-32-21-10-8-20(9-11-21)23(30)12-13-29-22-14-18(15-24(31)27(22)35-4)6-7-19-16-25(33-2)28(36-5)26(17-19)34-3/h6-11,13-17,31H,12H2,1-5H3/b7-6-,29-13?. The number of carbonyl (C=O) groups excluding carboxylic acids is 1. The van der Waals surface area contributed by atoms with Crippen molar-refractivity contribution >= 4 is 29.8 Å². The molecule has 188 valence electrons. The van der Waals surface area contributed by atoms with Crippen molar-refractivity contribution < 1.29 is 33.6 Å². The predicted octanol–water partition coefficient (Wildman–Crippen LogP) is 5.58. The smallest absolute Gasteiger partial charge is 0.203 e. The van der Waals surface area contributed by atoms with Gasteiger partial charge >= 0.3 is 0 Å². The number of methoxy groups -OCH3 is 5. The molecule has 3 aromatic rings. The molecule has 0 radical (unpaired) electrons. The van der Waals surface area contributed by atoms with Crippen LogP contribution in [0, 0.1) is 0 Å². The van der Waals surface area contributed by atoms with Gasteiger partial charge in [0, 0.05) is 18.2 Å². The Bertz CT molecular complexity index is 1240. The first-order chi connectivity index (χ1) is 17.4. The van der Waals surface area contributed by atoms with Crippen LogP contribution in [0.1, 0.15) is 27.9 Å². The number of ether oxygens (including phenoxy) is 5. The molecule has 0 aliphatic rings. The van der Waals surface area contributed by atoms with Gasteiger partial charge in [-0.15, -0.1) is 0 Å². The summed E-state index contributed by atoms with van der Waals surface area (Å²) in [6, 6.07) is 13.8. The first-order valence-electron chi connectivity index (χ1n) is 11.0. The maximum Gasteiger partial charge on any atom is 0.203 e. The van der Waals surface area contributed by atoms with Gasteiger partial charge in [-0.2, -0.15) is 0 Å². The molecular weight excluding hydrogens is 462 g/mol. The second-order valence-corrected chi connectivity index (χ2v) is 7.55. The molecule has 0 saturated heterocycles. The van der Waals surface area contributed by atoms with E-state index in [1.54, 1.807) is 70.9 Å². The minimum atomic E-state index is -0.0944. The topological polar surface area (TPSA) is 95.8 Å². The molecule has 36 heavy (non-hydrogen) atoms. The number of phenols is 1. The number of Topliss-reactive ketones (excluding diaryl/α,β-unsaturated/α-hetero) is 1. The van der Waals surface area contributed by atoms with Crippen molar-refractivity contribution in [3.63, 3.8) is 0 Å². The summed E-state index contributed by atoms with van der Waals surface area (Å²) in [6.45, 7) is 0. The molecule has 8 heteroatoms. The van der Waals surface area contributed by atoms with Crippen LogP contribution in [0.15, 0.2) is 53.5 Å². The van der Waals surface area contributed by atoms with E-state index in [9.17, 15) is 9.90 Å². The monoisotopic (exact) mass is 491 g/mol. The third kappa shape index (κ3) is 6.15. The molecule has 8 nitrogen and oxygen atoms in total. The van der Waals surface area contributed by atoms with Gasteiger partial charge in [0.1, 0.15) is 11.4 Å². The maximum absolute atomic E-state index is 12.5. The summed E-state index contributed by atoms with van der Waals surface area (Å²) in [5.74, 6) is 2.29. The zero-order valence-corrected chi connectivity index (χ0v) is 20.9. The average Bonchev–Trinajstić information content (AvgIpc) is 2.91. The number of nitrogens with zero attached hydrogens (tertiary/aromatic N) is 1. The van der Waals surface area contributed by atoms with Crippen LogP contribution in [0.5, 0.6) is 34.5 Å². The van der Waals surface area contributed by atoms with Gasteiger partial charge in [0.2, 0.25) is 5.75 Å². The van der Waals surface area contributed by atoms with Crippen molar-refractivity contribution in [2.75, 3.05) is 35.5 Å². The minimum absolute atomic E-state index is 0.0711. The molecule has 1 N–H and O–H groups in total. The van der Waals surface area contributed by atoms with E-state index in [0.29, 0.717) is 39.8 Å². The van der Waals surface area contributed by atoms with Gasteiger partial charge in [-0.3, -0.25) is 9.79 Å². The van der Waals surface area contributed by atoms with Gasteiger partial charge in [0.05, 0.1) is 35.5 Å². The molecule has 0 amide bonds. The lowest BCUT2D eigenvalue weighted by Gasteiger charge is -2.13. The molecule has 0 aliphatic carbocycles. The van der Waals surface area contributed by atoms with E-state index in [2.05, 4.69) is 4.99 Å². The molecule has 0 unspecified atom stereocenters. The number of rotatable bonds is 11. The van der Waals surface area contributed by atoms with E-state index >= 15 is 0 Å². The van der Waals surface area contributed by atoms with E-state index in [4.69, 9.17) is 23.7 Å². The molecule has 3 rings (SSSR count). The molecule has 0 bridgehead atoms. The van der Waals surface area contributed by atoms with Crippen molar-refractivity contribution in [2.45, 2.75) is 6.42 Å². The van der Waals surface area contributed by atoms with Gasteiger partial charge in [-0.05, 0) is 59.7 Å². The number of hydrogen-bond donors (Lipinski definition) is 1. The van der Waals surface area contributed by atoms with Crippen molar-refractivity contribution in [2.24, 2.45) is 4.99 Å². The summed E-state index contributed by atoms with van der Waals surface area (Å²) in [4.78, 5) is 16.9. The summed E-state index contributed by atoms with van der Waals surface area (Å²) in [7, 11) is 7.66. The molecule has 0 aromatic heterocycles. The SMILES string of the molecule is COc1ccc(C(=O)CC=Nc2cc(/C=C\c3cc(OC)c(OC)c(OC)c3)cc(O)c2OC)cc1. The van der Waals surface area contributed by atoms with E-state index in [1.165, 1.54) is 13.3 Å². The number of aromatic hydroxyl groups is 1. The predicted molar refractivity (Wildman–Crippen MR) is 140 cm³/mol. The number of aliphatic imine (C=N–C) groups is 1. The zero-order chi connectivity index (χ0) is 26.1. The number of hydrogen-bond acceptors (Lipinski definition) is 8. The number of carbonyl (C=O) groups is 1. The molecular formula is C28H29NO7. The van der Waals surface area contributed by atoms with Crippen LogP contribution in [0.25, 0.3) is 12.2 Å². The largest absolute Gasteiger partial charge is 0.504 e. The van der Waals surface area contributed by atoms with Crippen molar-refractivity contribution in [1.82, 2.24) is 0 Å². The molecule has 0 saturated carbocycles. The van der Waals surface area contributed by atoms with Crippen molar-refractivity contribution in [3.05, 3.63) is 65.2 Å². The Kier molecular flexibility index (Phi) is 8.94.